The van der Waals surface area contributed by atoms with Gasteiger partial charge in [0.15, 0.2) is 0 Å². The predicted octanol–water partition coefficient (Wildman–Crippen LogP) is 1.42. The number of rotatable bonds is 1. The van der Waals surface area contributed by atoms with Gasteiger partial charge < -0.3 is 10.2 Å². The van der Waals surface area contributed by atoms with Crippen molar-refractivity contribution in [2.45, 2.75) is 6.42 Å². The fourth-order valence-corrected chi connectivity index (χ4v) is 1.47. The molecule has 0 amide bonds. The number of carboxylic acid groups (broad SMARTS) is 1. The van der Waals surface area contributed by atoms with Crippen molar-refractivity contribution >= 4 is 12.0 Å². The molecule has 1 aromatic rings. The highest BCUT2D eigenvalue weighted by Crippen LogP contribution is 2.27. The Hall–Kier alpha value is -1.77. The Morgan fingerprint density at radius 2 is 2.15 bits per heavy atom. The van der Waals surface area contributed by atoms with Crippen molar-refractivity contribution in [2.24, 2.45) is 0 Å². The van der Waals surface area contributed by atoms with Gasteiger partial charge in [-0.3, -0.25) is 0 Å². The number of phenolic OH excluding ortho intramolecular Hbond substituents is 1. The number of benzene rings is 1. The van der Waals surface area contributed by atoms with Crippen molar-refractivity contribution in [3.8, 4) is 5.75 Å². The van der Waals surface area contributed by atoms with Crippen LogP contribution in [0, 0.1) is 0 Å². The Balaban J connectivity index is 2.41. The zero-order valence-electron chi connectivity index (χ0n) is 6.82. The van der Waals surface area contributed by atoms with Crippen LogP contribution < -0.4 is 0 Å². The summed E-state index contributed by atoms with van der Waals surface area (Å²) >= 11 is 0. The maximum Gasteiger partial charge on any atom is 0.331 e. The Labute approximate surface area is 74.9 Å². The lowest BCUT2D eigenvalue weighted by Crippen LogP contribution is -1.99. The fourth-order valence-electron chi connectivity index (χ4n) is 1.47. The lowest BCUT2D eigenvalue weighted by Gasteiger charge is -1.97. The second-order valence-electron chi connectivity index (χ2n) is 3.03. The fraction of sp³-hybridized carbons (Fsp3) is 0.100. The average molecular weight is 176 g/mol. The van der Waals surface area contributed by atoms with E-state index in [1.54, 1.807) is 24.3 Å². The number of carbonyl (C=O) groups is 1. The van der Waals surface area contributed by atoms with Crippen LogP contribution in [0.1, 0.15) is 11.1 Å². The first-order valence-corrected chi connectivity index (χ1v) is 3.92. The van der Waals surface area contributed by atoms with Gasteiger partial charge in [0.1, 0.15) is 5.75 Å². The number of aliphatic carboxylic acids is 1. The van der Waals surface area contributed by atoms with E-state index in [1.807, 2.05) is 0 Å². The third kappa shape index (κ3) is 1.28. The van der Waals surface area contributed by atoms with Crippen LogP contribution in [-0.2, 0) is 11.2 Å². The molecular weight excluding hydrogens is 168 g/mol. The van der Waals surface area contributed by atoms with Gasteiger partial charge >= 0.3 is 5.97 Å². The number of phenols is 1. The Kier molecular flexibility index (Phi) is 1.59. The summed E-state index contributed by atoms with van der Waals surface area (Å²) in [6.07, 6.45) is 2.04. The summed E-state index contributed by atoms with van der Waals surface area (Å²) in [5.41, 5.74) is 2.13. The molecule has 0 unspecified atom stereocenters. The lowest BCUT2D eigenvalue weighted by molar-refractivity contribution is -0.132. The van der Waals surface area contributed by atoms with E-state index in [-0.39, 0.29) is 5.75 Å². The van der Waals surface area contributed by atoms with Gasteiger partial charge in [-0.15, -0.1) is 0 Å². The van der Waals surface area contributed by atoms with Gasteiger partial charge in [-0.1, -0.05) is 6.07 Å². The lowest BCUT2D eigenvalue weighted by atomic mass is 10.1. The highest BCUT2D eigenvalue weighted by molar-refractivity contribution is 5.95. The molecule has 2 rings (SSSR count). The molecule has 0 atom stereocenters. The van der Waals surface area contributed by atoms with E-state index in [2.05, 4.69) is 0 Å². The molecule has 3 nitrogen and oxygen atoms in total. The molecule has 0 bridgehead atoms. The first-order valence-electron chi connectivity index (χ1n) is 3.92. The standard InChI is InChI=1S/C10H8O3/c11-9-2-1-6-3-8(10(12)13)4-7(6)5-9/h1-3,5,11H,4H2,(H,12,13). The Morgan fingerprint density at radius 1 is 1.38 bits per heavy atom. The van der Waals surface area contributed by atoms with Crippen LogP contribution in [0.5, 0.6) is 5.75 Å². The van der Waals surface area contributed by atoms with E-state index < -0.39 is 5.97 Å². The van der Waals surface area contributed by atoms with E-state index in [4.69, 9.17) is 10.2 Å². The minimum absolute atomic E-state index is 0.179. The monoisotopic (exact) mass is 176 g/mol. The van der Waals surface area contributed by atoms with Crippen LogP contribution in [0.3, 0.4) is 0 Å². The second kappa shape index (κ2) is 2.62. The zero-order chi connectivity index (χ0) is 9.42. The molecule has 0 saturated carbocycles. The summed E-state index contributed by atoms with van der Waals surface area (Å²) in [6.45, 7) is 0. The number of carboxylic acids is 1. The van der Waals surface area contributed by atoms with Gasteiger partial charge in [-0.05, 0) is 29.3 Å². The molecule has 2 N–H and O–H groups in total. The summed E-state index contributed by atoms with van der Waals surface area (Å²) in [5.74, 6) is -0.713. The summed E-state index contributed by atoms with van der Waals surface area (Å²) in [6, 6.07) is 4.88. The average Bonchev–Trinajstić information content (AvgIpc) is 2.46. The van der Waals surface area contributed by atoms with E-state index >= 15 is 0 Å². The van der Waals surface area contributed by atoms with E-state index in [0.717, 1.165) is 11.1 Å². The molecule has 0 fully saturated rings. The van der Waals surface area contributed by atoms with E-state index in [9.17, 15) is 4.79 Å². The first kappa shape index (κ1) is 7.86. The summed E-state index contributed by atoms with van der Waals surface area (Å²) in [5, 5.41) is 17.9. The van der Waals surface area contributed by atoms with Crippen LogP contribution in [0.4, 0.5) is 0 Å². The number of hydrogen-bond acceptors (Lipinski definition) is 2. The van der Waals surface area contributed by atoms with Crippen LogP contribution in [0.2, 0.25) is 0 Å². The van der Waals surface area contributed by atoms with Crippen molar-refractivity contribution in [1.82, 2.24) is 0 Å². The van der Waals surface area contributed by atoms with Crippen LogP contribution >= 0.6 is 0 Å². The largest absolute Gasteiger partial charge is 0.508 e. The molecule has 0 aromatic heterocycles. The number of fused-ring (bicyclic) bond motifs is 1. The highest BCUT2D eigenvalue weighted by atomic mass is 16.4. The molecule has 3 heteroatoms. The smallest absolute Gasteiger partial charge is 0.331 e. The first-order chi connectivity index (χ1) is 6.16. The van der Waals surface area contributed by atoms with Crippen molar-refractivity contribution in [2.75, 3.05) is 0 Å². The molecule has 0 saturated heterocycles. The quantitative estimate of drug-likeness (QED) is 0.680. The van der Waals surface area contributed by atoms with Crippen molar-refractivity contribution in [3.05, 3.63) is 34.9 Å². The van der Waals surface area contributed by atoms with Gasteiger partial charge in [-0.25, -0.2) is 4.79 Å². The van der Waals surface area contributed by atoms with Gasteiger partial charge in [0, 0.05) is 12.0 Å². The van der Waals surface area contributed by atoms with Gasteiger partial charge in [0.05, 0.1) is 0 Å². The topological polar surface area (TPSA) is 57.5 Å². The van der Waals surface area contributed by atoms with E-state index in [0.29, 0.717) is 12.0 Å². The van der Waals surface area contributed by atoms with Crippen molar-refractivity contribution < 1.29 is 15.0 Å². The van der Waals surface area contributed by atoms with Crippen molar-refractivity contribution in [1.29, 1.82) is 0 Å². The highest BCUT2D eigenvalue weighted by Gasteiger charge is 2.17. The SMILES string of the molecule is O=C(O)C1=Cc2ccc(O)cc2C1. The zero-order valence-corrected chi connectivity index (χ0v) is 6.82. The van der Waals surface area contributed by atoms with Gasteiger partial charge in [0.2, 0.25) is 0 Å². The second-order valence-corrected chi connectivity index (χ2v) is 3.03. The minimum atomic E-state index is -0.893. The summed E-state index contributed by atoms with van der Waals surface area (Å²) in [4.78, 5) is 10.6. The molecule has 1 aromatic carbocycles. The third-order valence-corrected chi connectivity index (χ3v) is 2.11. The molecule has 0 heterocycles. The molecule has 1 aliphatic rings. The van der Waals surface area contributed by atoms with Gasteiger partial charge in [0.25, 0.3) is 0 Å². The minimum Gasteiger partial charge on any atom is -0.508 e. The van der Waals surface area contributed by atoms with Crippen molar-refractivity contribution in [3.63, 3.8) is 0 Å². The number of hydrogen-bond donors (Lipinski definition) is 2. The molecule has 13 heavy (non-hydrogen) atoms. The molecule has 0 spiro atoms. The van der Waals surface area contributed by atoms with Crippen LogP contribution in [0.15, 0.2) is 23.8 Å². The maximum absolute atomic E-state index is 10.6. The normalized spacial score (nSPS) is 13.7. The molecule has 1 aliphatic carbocycles. The Morgan fingerprint density at radius 3 is 2.85 bits per heavy atom. The maximum atomic E-state index is 10.6. The third-order valence-electron chi connectivity index (χ3n) is 2.11. The Bertz CT molecular complexity index is 405. The molecule has 66 valence electrons. The molecule has 0 radical (unpaired) electrons. The van der Waals surface area contributed by atoms with Crippen LogP contribution in [-0.4, -0.2) is 16.2 Å². The van der Waals surface area contributed by atoms with Gasteiger partial charge in [-0.2, -0.15) is 0 Å². The predicted molar refractivity (Wildman–Crippen MR) is 47.4 cm³/mol. The molecule has 0 aliphatic heterocycles. The van der Waals surface area contributed by atoms with E-state index in [1.165, 1.54) is 0 Å². The van der Waals surface area contributed by atoms with Crippen LogP contribution in [0.25, 0.3) is 6.08 Å². The summed E-state index contributed by atoms with van der Waals surface area (Å²) < 4.78 is 0. The summed E-state index contributed by atoms with van der Waals surface area (Å²) in [7, 11) is 0. The number of aromatic hydroxyl groups is 1. The molecular formula is C10H8O3.